The summed E-state index contributed by atoms with van der Waals surface area (Å²) in [6, 6.07) is 11.2. The minimum atomic E-state index is 0.649. The van der Waals surface area contributed by atoms with Crippen molar-refractivity contribution >= 4 is 30.4 Å². The van der Waals surface area contributed by atoms with Crippen molar-refractivity contribution in [3.05, 3.63) is 42.0 Å². The van der Waals surface area contributed by atoms with E-state index in [1.165, 1.54) is 0 Å². The highest BCUT2D eigenvalue weighted by molar-refractivity contribution is 6.39. The van der Waals surface area contributed by atoms with Crippen LogP contribution in [-0.4, -0.2) is 14.1 Å². The normalized spacial score (nSPS) is 10.2. The molecule has 1 nitrogen and oxygen atoms in total. The van der Waals surface area contributed by atoms with Crippen LogP contribution in [0.3, 0.4) is 0 Å². The first-order valence-electron chi connectivity index (χ1n) is 4.05. The van der Waals surface area contributed by atoms with Gasteiger partial charge in [-0.25, -0.2) is 0 Å². The summed E-state index contributed by atoms with van der Waals surface area (Å²) in [5.74, 6) is 0. The Labute approximate surface area is 77.8 Å². The molecule has 0 fully saturated rings. The standard InChI is InChI=1S/C11H7BO/c12-10-6-2-4-8-3-1-5-9(7-13)11(8)10/h1-7H. The van der Waals surface area contributed by atoms with Crippen LogP contribution < -0.4 is 5.46 Å². The van der Waals surface area contributed by atoms with Crippen molar-refractivity contribution in [2.24, 2.45) is 0 Å². The van der Waals surface area contributed by atoms with E-state index in [2.05, 4.69) is 0 Å². The molecular formula is C11H7BO. The summed E-state index contributed by atoms with van der Waals surface area (Å²) in [5, 5.41) is 1.85. The molecule has 2 radical (unpaired) electrons. The van der Waals surface area contributed by atoms with Crippen molar-refractivity contribution < 1.29 is 4.79 Å². The van der Waals surface area contributed by atoms with E-state index in [-0.39, 0.29) is 0 Å². The Morgan fingerprint density at radius 1 is 1.08 bits per heavy atom. The Morgan fingerprint density at radius 3 is 2.46 bits per heavy atom. The van der Waals surface area contributed by atoms with Crippen LogP contribution in [0.1, 0.15) is 10.4 Å². The third-order valence-corrected chi connectivity index (χ3v) is 2.10. The molecule has 60 valence electrons. The average Bonchev–Trinajstić information content (AvgIpc) is 2.17. The van der Waals surface area contributed by atoms with Gasteiger partial charge in [-0.15, -0.1) is 0 Å². The maximum Gasteiger partial charge on any atom is 0.150 e. The summed E-state index contributed by atoms with van der Waals surface area (Å²) in [4.78, 5) is 10.7. The lowest BCUT2D eigenvalue weighted by Crippen LogP contribution is -2.05. The first kappa shape index (κ1) is 8.05. The van der Waals surface area contributed by atoms with Crippen molar-refractivity contribution in [2.75, 3.05) is 0 Å². The molecule has 0 spiro atoms. The van der Waals surface area contributed by atoms with Crippen LogP contribution in [0.4, 0.5) is 0 Å². The zero-order valence-electron chi connectivity index (χ0n) is 7.03. The van der Waals surface area contributed by atoms with E-state index in [4.69, 9.17) is 7.85 Å². The van der Waals surface area contributed by atoms with Crippen LogP contribution in [-0.2, 0) is 0 Å². The van der Waals surface area contributed by atoms with Gasteiger partial charge in [-0.3, -0.25) is 4.79 Å². The van der Waals surface area contributed by atoms with E-state index >= 15 is 0 Å². The Morgan fingerprint density at radius 2 is 1.77 bits per heavy atom. The third kappa shape index (κ3) is 1.24. The number of fused-ring (bicyclic) bond motifs is 1. The predicted molar refractivity (Wildman–Crippen MR) is 54.7 cm³/mol. The summed E-state index contributed by atoms with van der Waals surface area (Å²) in [7, 11) is 5.77. The molecule has 0 N–H and O–H groups in total. The van der Waals surface area contributed by atoms with E-state index in [1.807, 2.05) is 24.3 Å². The monoisotopic (exact) mass is 166 g/mol. The second-order valence-electron chi connectivity index (χ2n) is 2.91. The van der Waals surface area contributed by atoms with Crippen molar-refractivity contribution in [1.82, 2.24) is 0 Å². The van der Waals surface area contributed by atoms with E-state index in [1.54, 1.807) is 12.1 Å². The summed E-state index contributed by atoms with van der Waals surface area (Å²) in [6.07, 6.45) is 0.832. The SMILES string of the molecule is [B]c1cccc2cccc(C=O)c12. The Kier molecular flexibility index (Phi) is 1.89. The van der Waals surface area contributed by atoms with Gasteiger partial charge in [0.2, 0.25) is 0 Å². The minimum absolute atomic E-state index is 0.649. The molecule has 0 aliphatic rings. The van der Waals surface area contributed by atoms with Crippen LogP contribution in [0, 0.1) is 0 Å². The second-order valence-corrected chi connectivity index (χ2v) is 2.91. The molecule has 0 heterocycles. The molecule has 2 rings (SSSR count). The van der Waals surface area contributed by atoms with Crippen LogP contribution in [0.15, 0.2) is 36.4 Å². The molecule has 2 aromatic rings. The van der Waals surface area contributed by atoms with Gasteiger partial charge < -0.3 is 0 Å². The molecule has 13 heavy (non-hydrogen) atoms. The molecule has 0 saturated carbocycles. The maximum atomic E-state index is 10.7. The lowest BCUT2D eigenvalue weighted by Gasteiger charge is -2.03. The van der Waals surface area contributed by atoms with E-state index in [0.717, 1.165) is 17.1 Å². The Hall–Kier alpha value is -1.57. The van der Waals surface area contributed by atoms with Crippen LogP contribution in [0.5, 0.6) is 0 Å². The molecule has 0 aliphatic carbocycles. The van der Waals surface area contributed by atoms with Crippen LogP contribution in [0.25, 0.3) is 10.8 Å². The van der Waals surface area contributed by atoms with Crippen molar-refractivity contribution in [1.29, 1.82) is 0 Å². The summed E-state index contributed by atoms with van der Waals surface area (Å²) >= 11 is 0. The van der Waals surface area contributed by atoms with Crippen molar-refractivity contribution in [2.45, 2.75) is 0 Å². The van der Waals surface area contributed by atoms with Crippen molar-refractivity contribution in [3.63, 3.8) is 0 Å². The van der Waals surface area contributed by atoms with Crippen molar-refractivity contribution in [3.8, 4) is 0 Å². The second kappa shape index (κ2) is 3.06. The largest absolute Gasteiger partial charge is 0.298 e. The quantitative estimate of drug-likeness (QED) is 0.462. The summed E-state index contributed by atoms with van der Waals surface area (Å²) in [6.45, 7) is 0. The number of carbonyl (C=O) groups excluding carboxylic acids is 1. The highest BCUT2D eigenvalue weighted by Gasteiger charge is 2.00. The molecule has 0 aromatic heterocycles. The molecule has 0 bridgehead atoms. The number of carbonyl (C=O) groups is 1. The minimum Gasteiger partial charge on any atom is -0.298 e. The molecule has 0 saturated heterocycles. The summed E-state index contributed by atoms with van der Waals surface area (Å²) in [5.41, 5.74) is 1.30. The fraction of sp³-hybridized carbons (Fsp3) is 0. The molecule has 0 unspecified atom stereocenters. The Bertz CT molecular complexity index is 457. The zero-order valence-corrected chi connectivity index (χ0v) is 7.03. The average molecular weight is 166 g/mol. The lowest BCUT2D eigenvalue weighted by atomic mass is 9.88. The number of hydrogen-bond acceptors (Lipinski definition) is 1. The fourth-order valence-electron chi connectivity index (χ4n) is 1.50. The highest BCUT2D eigenvalue weighted by Crippen LogP contribution is 2.14. The smallest absolute Gasteiger partial charge is 0.150 e. The van der Waals surface area contributed by atoms with Gasteiger partial charge in [0, 0.05) is 5.56 Å². The molecular weight excluding hydrogens is 159 g/mol. The van der Waals surface area contributed by atoms with Gasteiger partial charge in [-0.05, 0) is 10.8 Å². The van der Waals surface area contributed by atoms with Gasteiger partial charge >= 0.3 is 0 Å². The molecule has 0 atom stereocenters. The van der Waals surface area contributed by atoms with Gasteiger partial charge in [0.15, 0.2) is 6.29 Å². The maximum absolute atomic E-state index is 10.7. The van der Waals surface area contributed by atoms with E-state index in [0.29, 0.717) is 11.0 Å². The van der Waals surface area contributed by atoms with Gasteiger partial charge in [-0.2, -0.15) is 0 Å². The molecule has 0 aliphatic heterocycles. The Balaban J connectivity index is 2.94. The third-order valence-electron chi connectivity index (χ3n) is 2.10. The summed E-state index contributed by atoms with van der Waals surface area (Å²) < 4.78 is 0. The topological polar surface area (TPSA) is 17.1 Å². The van der Waals surface area contributed by atoms with Gasteiger partial charge in [0.05, 0.1) is 0 Å². The van der Waals surface area contributed by atoms with Crippen LogP contribution in [0.2, 0.25) is 0 Å². The molecule has 2 heteroatoms. The number of hydrogen-bond donors (Lipinski definition) is 0. The van der Waals surface area contributed by atoms with E-state index in [9.17, 15) is 4.79 Å². The first-order chi connectivity index (χ1) is 6.33. The van der Waals surface area contributed by atoms with E-state index < -0.39 is 0 Å². The number of aldehydes is 1. The molecule has 0 amide bonds. The van der Waals surface area contributed by atoms with Crippen LogP contribution >= 0.6 is 0 Å². The first-order valence-corrected chi connectivity index (χ1v) is 4.05. The van der Waals surface area contributed by atoms with Gasteiger partial charge in [-0.1, -0.05) is 41.9 Å². The number of rotatable bonds is 1. The van der Waals surface area contributed by atoms with Gasteiger partial charge in [0.25, 0.3) is 0 Å². The predicted octanol–water partition coefficient (Wildman–Crippen LogP) is 1.45. The fourth-order valence-corrected chi connectivity index (χ4v) is 1.50. The number of benzene rings is 2. The lowest BCUT2D eigenvalue weighted by molar-refractivity contribution is 0.112. The zero-order chi connectivity index (χ0) is 9.26. The molecule has 2 aromatic carbocycles. The van der Waals surface area contributed by atoms with Gasteiger partial charge in [0.1, 0.15) is 7.85 Å². The highest BCUT2D eigenvalue weighted by atomic mass is 16.1.